The highest BCUT2D eigenvalue weighted by molar-refractivity contribution is 7.10. The van der Waals surface area contributed by atoms with Crippen LogP contribution in [-0.4, -0.2) is 17.9 Å². The quantitative estimate of drug-likeness (QED) is 0.798. The third-order valence-electron chi connectivity index (χ3n) is 2.88. The number of thiophene rings is 1. The molecular weight excluding hydrogens is 258 g/mol. The van der Waals surface area contributed by atoms with Gasteiger partial charge in [-0.1, -0.05) is 0 Å². The minimum atomic E-state index is -0.0261. The second-order valence-corrected chi connectivity index (χ2v) is 5.50. The fraction of sp³-hybridized carbons (Fsp3) is 0.267. The maximum absolute atomic E-state index is 12.0. The zero-order chi connectivity index (χ0) is 13.8. The Hall–Kier alpha value is -1.81. The third-order valence-corrected chi connectivity index (χ3v) is 3.88. The summed E-state index contributed by atoms with van der Waals surface area (Å²) < 4.78 is 5.38. The second kappa shape index (κ2) is 5.89. The van der Waals surface area contributed by atoms with Crippen molar-refractivity contribution in [3.8, 4) is 0 Å². The highest BCUT2D eigenvalue weighted by Gasteiger charge is 2.08. The van der Waals surface area contributed by atoms with Crippen molar-refractivity contribution in [3.05, 3.63) is 51.6 Å². The number of hydrogen-bond acceptors (Lipinski definition) is 3. The average molecular weight is 275 g/mol. The minimum absolute atomic E-state index is 0.0261. The first-order chi connectivity index (χ1) is 9.06. The number of nitrogens with zero attached hydrogens (tertiary/aromatic N) is 1. The normalized spacial score (nSPS) is 11.1. The molecule has 0 aliphatic rings. The molecule has 0 bridgehead atoms. The Bertz CT molecular complexity index is 595. The maximum atomic E-state index is 12.0. The summed E-state index contributed by atoms with van der Waals surface area (Å²) >= 11 is 1.68. The first-order valence-corrected chi connectivity index (χ1v) is 6.97. The van der Waals surface area contributed by atoms with Crippen LogP contribution in [0.5, 0.6) is 0 Å². The van der Waals surface area contributed by atoms with E-state index in [4.69, 9.17) is 4.42 Å². The fourth-order valence-electron chi connectivity index (χ4n) is 1.68. The number of carbonyl (C=O) groups is 1. The van der Waals surface area contributed by atoms with Crippen molar-refractivity contribution >= 4 is 23.3 Å². The van der Waals surface area contributed by atoms with Crippen LogP contribution in [0.4, 0.5) is 0 Å². The van der Waals surface area contributed by atoms with Crippen molar-refractivity contribution in [2.75, 3.05) is 7.05 Å². The molecule has 2 aromatic rings. The Kier molecular flexibility index (Phi) is 4.22. The van der Waals surface area contributed by atoms with E-state index in [0.29, 0.717) is 12.3 Å². The summed E-state index contributed by atoms with van der Waals surface area (Å²) in [4.78, 5) is 14.9. The molecule has 0 aliphatic carbocycles. The number of aryl methyl sites for hydroxylation is 2. The van der Waals surface area contributed by atoms with Gasteiger partial charge in [0.15, 0.2) is 0 Å². The summed E-state index contributed by atoms with van der Waals surface area (Å²) in [6.07, 6.45) is 3.24. The van der Waals surface area contributed by atoms with Crippen LogP contribution in [0.15, 0.2) is 34.1 Å². The molecule has 2 heterocycles. The van der Waals surface area contributed by atoms with Gasteiger partial charge in [-0.05, 0) is 49.1 Å². The Morgan fingerprint density at radius 1 is 1.37 bits per heavy atom. The Morgan fingerprint density at radius 3 is 2.74 bits per heavy atom. The second-order valence-electron chi connectivity index (χ2n) is 4.50. The van der Waals surface area contributed by atoms with E-state index in [1.165, 1.54) is 10.4 Å². The number of carbonyl (C=O) groups excluding carboxylic acids is 1. The molecule has 0 unspecified atom stereocenters. The first kappa shape index (κ1) is 13.6. The van der Waals surface area contributed by atoms with Gasteiger partial charge >= 0.3 is 0 Å². The molecule has 0 fully saturated rings. The van der Waals surface area contributed by atoms with Crippen LogP contribution in [0, 0.1) is 13.8 Å². The van der Waals surface area contributed by atoms with Gasteiger partial charge in [0.05, 0.1) is 6.54 Å². The first-order valence-electron chi connectivity index (χ1n) is 6.09. The van der Waals surface area contributed by atoms with Gasteiger partial charge in [-0.25, -0.2) is 0 Å². The fourth-order valence-corrected chi connectivity index (χ4v) is 2.64. The predicted molar refractivity (Wildman–Crippen MR) is 78.0 cm³/mol. The Morgan fingerprint density at radius 2 is 2.16 bits per heavy atom. The van der Waals surface area contributed by atoms with Crippen LogP contribution in [0.3, 0.4) is 0 Å². The highest BCUT2D eigenvalue weighted by atomic mass is 32.1. The van der Waals surface area contributed by atoms with Crippen molar-refractivity contribution in [2.45, 2.75) is 20.4 Å². The summed E-state index contributed by atoms with van der Waals surface area (Å²) in [7, 11) is 1.80. The zero-order valence-electron chi connectivity index (χ0n) is 11.3. The lowest BCUT2D eigenvalue weighted by molar-refractivity contribution is -0.125. The van der Waals surface area contributed by atoms with E-state index in [-0.39, 0.29) is 5.91 Å². The minimum Gasteiger partial charge on any atom is -0.462 e. The SMILES string of the molecule is Cc1ccc(C=CC(=O)N(C)Cc2sccc2C)o1. The molecule has 4 heteroatoms. The molecule has 19 heavy (non-hydrogen) atoms. The lowest BCUT2D eigenvalue weighted by Crippen LogP contribution is -2.23. The predicted octanol–water partition coefficient (Wildman–Crippen LogP) is 3.63. The van der Waals surface area contributed by atoms with Crippen molar-refractivity contribution in [2.24, 2.45) is 0 Å². The van der Waals surface area contributed by atoms with Crippen LogP contribution in [0.25, 0.3) is 6.08 Å². The summed E-state index contributed by atoms with van der Waals surface area (Å²) in [6.45, 7) is 4.58. The molecule has 0 spiro atoms. The van der Waals surface area contributed by atoms with E-state index < -0.39 is 0 Å². The van der Waals surface area contributed by atoms with E-state index in [9.17, 15) is 4.79 Å². The largest absolute Gasteiger partial charge is 0.462 e. The lowest BCUT2D eigenvalue weighted by Gasteiger charge is -2.14. The van der Waals surface area contributed by atoms with Gasteiger partial charge in [0.2, 0.25) is 5.91 Å². The number of furan rings is 1. The average Bonchev–Trinajstić information content (AvgIpc) is 2.96. The van der Waals surface area contributed by atoms with E-state index in [1.807, 2.05) is 24.4 Å². The Balaban J connectivity index is 1.96. The van der Waals surface area contributed by atoms with Gasteiger partial charge in [0, 0.05) is 18.0 Å². The number of rotatable bonds is 4. The van der Waals surface area contributed by atoms with Gasteiger partial charge in [0.1, 0.15) is 11.5 Å². The van der Waals surface area contributed by atoms with Gasteiger partial charge in [-0.2, -0.15) is 0 Å². The van der Waals surface area contributed by atoms with E-state index in [0.717, 1.165) is 5.76 Å². The monoisotopic (exact) mass is 275 g/mol. The van der Waals surface area contributed by atoms with E-state index in [2.05, 4.69) is 13.0 Å². The molecule has 100 valence electrons. The molecule has 3 nitrogen and oxygen atoms in total. The Labute approximate surface area is 117 Å². The molecule has 0 N–H and O–H groups in total. The summed E-state index contributed by atoms with van der Waals surface area (Å²) in [5.41, 5.74) is 1.23. The van der Waals surface area contributed by atoms with E-state index >= 15 is 0 Å². The molecule has 1 amide bonds. The lowest BCUT2D eigenvalue weighted by atomic mass is 10.3. The molecule has 0 saturated carbocycles. The summed E-state index contributed by atoms with van der Waals surface area (Å²) in [5.74, 6) is 1.52. The van der Waals surface area contributed by atoms with Crippen LogP contribution < -0.4 is 0 Å². The van der Waals surface area contributed by atoms with Gasteiger partial charge < -0.3 is 9.32 Å². The summed E-state index contributed by atoms with van der Waals surface area (Å²) in [6, 6.07) is 5.80. The molecule has 2 aromatic heterocycles. The molecule has 0 atom stereocenters. The van der Waals surface area contributed by atoms with Crippen molar-refractivity contribution in [1.29, 1.82) is 0 Å². The molecule has 0 radical (unpaired) electrons. The van der Waals surface area contributed by atoms with Crippen LogP contribution in [0.1, 0.15) is 22.0 Å². The van der Waals surface area contributed by atoms with Crippen LogP contribution >= 0.6 is 11.3 Å². The zero-order valence-corrected chi connectivity index (χ0v) is 12.2. The molecule has 0 saturated heterocycles. The standard InChI is InChI=1S/C15H17NO2S/c1-11-8-9-19-14(11)10-16(3)15(17)7-6-13-5-4-12(2)18-13/h4-9H,10H2,1-3H3. The third kappa shape index (κ3) is 3.58. The molecule has 0 aromatic carbocycles. The molecule has 2 rings (SSSR count). The maximum Gasteiger partial charge on any atom is 0.246 e. The van der Waals surface area contributed by atoms with E-state index in [1.54, 1.807) is 35.4 Å². The van der Waals surface area contributed by atoms with Gasteiger partial charge in [0.25, 0.3) is 0 Å². The van der Waals surface area contributed by atoms with Crippen LogP contribution in [-0.2, 0) is 11.3 Å². The van der Waals surface area contributed by atoms with Crippen molar-refractivity contribution in [3.63, 3.8) is 0 Å². The highest BCUT2D eigenvalue weighted by Crippen LogP contribution is 2.17. The number of amides is 1. The molecule has 0 aliphatic heterocycles. The smallest absolute Gasteiger partial charge is 0.246 e. The van der Waals surface area contributed by atoms with Gasteiger partial charge in [-0.3, -0.25) is 4.79 Å². The summed E-state index contributed by atoms with van der Waals surface area (Å²) in [5, 5.41) is 2.05. The molecular formula is C15H17NO2S. The van der Waals surface area contributed by atoms with Crippen molar-refractivity contribution < 1.29 is 9.21 Å². The van der Waals surface area contributed by atoms with Crippen molar-refractivity contribution in [1.82, 2.24) is 4.90 Å². The number of hydrogen-bond donors (Lipinski definition) is 0. The van der Waals surface area contributed by atoms with Crippen LogP contribution in [0.2, 0.25) is 0 Å². The number of likely N-dealkylation sites (N-methyl/N-ethyl adjacent to an activating group) is 1. The topological polar surface area (TPSA) is 33.5 Å². The van der Waals surface area contributed by atoms with Gasteiger partial charge in [-0.15, -0.1) is 11.3 Å².